The summed E-state index contributed by atoms with van der Waals surface area (Å²) in [7, 11) is 0. The summed E-state index contributed by atoms with van der Waals surface area (Å²) in [6, 6.07) is 14.4. The van der Waals surface area contributed by atoms with E-state index in [1.165, 1.54) is 0 Å². The predicted molar refractivity (Wildman–Crippen MR) is 93.8 cm³/mol. The largest absolute Gasteiger partial charge is 0.490 e. The molecule has 3 rings (SSSR count). The summed E-state index contributed by atoms with van der Waals surface area (Å²) in [5, 5.41) is 0. The molecule has 134 valence electrons. The van der Waals surface area contributed by atoms with E-state index >= 15 is 0 Å². The Bertz CT molecular complexity index is 846. The summed E-state index contributed by atoms with van der Waals surface area (Å²) >= 11 is 0. The van der Waals surface area contributed by atoms with Crippen molar-refractivity contribution in [3.63, 3.8) is 0 Å². The van der Waals surface area contributed by atoms with Crippen LogP contribution in [0.15, 0.2) is 48.5 Å². The SMILES string of the molecule is Cc1ccccc1OCCOC(=O)CN1C(=O)Cc2ccccc2C1=O. The van der Waals surface area contributed by atoms with Gasteiger partial charge in [0.1, 0.15) is 25.5 Å². The summed E-state index contributed by atoms with van der Waals surface area (Å²) in [5.74, 6) is -0.784. The Morgan fingerprint density at radius 2 is 1.77 bits per heavy atom. The number of hydrogen-bond acceptors (Lipinski definition) is 5. The molecule has 6 heteroatoms. The minimum absolute atomic E-state index is 0.0416. The minimum atomic E-state index is -0.639. The van der Waals surface area contributed by atoms with Crippen molar-refractivity contribution in [2.24, 2.45) is 0 Å². The first kappa shape index (κ1) is 17.7. The maximum absolute atomic E-state index is 12.4. The number of ether oxygens (including phenoxy) is 2. The van der Waals surface area contributed by atoms with Crippen LogP contribution >= 0.6 is 0 Å². The molecule has 2 aromatic carbocycles. The summed E-state index contributed by atoms with van der Waals surface area (Å²) in [6.45, 7) is 1.77. The molecule has 0 bridgehead atoms. The fraction of sp³-hybridized carbons (Fsp3) is 0.250. The van der Waals surface area contributed by atoms with E-state index in [0.29, 0.717) is 11.1 Å². The van der Waals surface area contributed by atoms with Gasteiger partial charge in [0.05, 0.1) is 6.42 Å². The number of imide groups is 1. The molecule has 0 fully saturated rings. The van der Waals surface area contributed by atoms with E-state index in [1.54, 1.807) is 24.3 Å². The standard InChI is InChI=1S/C20H19NO5/c1-14-6-2-5-9-17(14)25-10-11-26-19(23)13-21-18(22)12-15-7-3-4-8-16(15)20(21)24/h2-9H,10-13H2,1H3. The van der Waals surface area contributed by atoms with Crippen LogP contribution in [0, 0.1) is 6.92 Å². The number of para-hydroxylation sites is 1. The van der Waals surface area contributed by atoms with Gasteiger partial charge in [0.25, 0.3) is 5.91 Å². The van der Waals surface area contributed by atoms with Crippen LogP contribution in [0.1, 0.15) is 21.5 Å². The lowest BCUT2D eigenvalue weighted by atomic mass is 9.98. The zero-order valence-corrected chi connectivity index (χ0v) is 14.4. The van der Waals surface area contributed by atoms with E-state index in [9.17, 15) is 14.4 Å². The second kappa shape index (κ2) is 7.82. The molecule has 0 aromatic heterocycles. The Morgan fingerprint density at radius 1 is 1.04 bits per heavy atom. The number of amides is 2. The van der Waals surface area contributed by atoms with E-state index < -0.39 is 24.3 Å². The van der Waals surface area contributed by atoms with Crippen LogP contribution in [0.5, 0.6) is 5.75 Å². The van der Waals surface area contributed by atoms with Gasteiger partial charge in [-0.3, -0.25) is 19.3 Å². The van der Waals surface area contributed by atoms with Crippen molar-refractivity contribution in [1.82, 2.24) is 4.90 Å². The van der Waals surface area contributed by atoms with Crippen molar-refractivity contribution in [3.05, 3.63) is 65.2 Å². The molecule has 0 aliphatic carbocycles. The number of carbonyl (C=O) groups is 3. The van der Waals surface area contributed by atoms with Crippen LogP contribution in [0.4, 0.5) is 0 Å². The van der Waals surface area contributed by atoms with Crippen molar-refractivity contribution in [2.45, 2.75) is 13.3 Å². The third-order valence-corrected chi connectivity index (χ3v) is 4.12. The Balaban J connectivity index is 1.50. The van der Waals surface area contributed by atoms with Gasteiger partial charge >= 0.3 is 5.97 Å². The van der Waals surface area contributed by atoms with Gasteiger partial charge in [-0.2, -0.15) is 0 Å². The maximum Gasteiger partial charge on any atom is 0.326 e. The molecule has 1 aliphatic heterocycles. The number of esters is 1. The number of rotatable bonds is 6. The lowest BCUT2D eigenvalue weighted by molar-refractivity contribution is -0.148. The van der Waals surface area contributed by atoms with E-state index in [0.717, 1.165) is 16.2 Å². The lowest BCUT2D eigenvalue weighted by Crippen LogP contribution is -2.45. The Hall–Kier alpha value is -3.15. The number of aryl methyl sites for hydroxylation is 1. The highest BCUT2D eigenvalue weighted by Gasteiger charge is 2.32. The van der Waals surface area contributed by atoms with Gasteiger partial charge in [-0.1, -0.05) is 36.4 Å². The van der Waals surface area contributed by atoms with Crippen LogP contribution in [0.2, 0.25) is 0 Å². The molecule has 0 radical (unpaired) electrons. The zero-order valence-electron chi connectivity index (χ0n) is 14.4. The molecular formula is C20H19NO5. The molecule has 0 spiro atoms. The second-order valence-corrected chi connectivity index (χ2v) is 5.95. The van der Waals surface area contributed by atoms with Crippen LogP contribution < -0.4 is 4.74 Å². The Morgan fingerprint density at radius 3 is 2.58 bits per heavy atom. The van der Waals surface area contributed by atoms with E-state index in [-0.39, 0.29) is 19.6 Å². The number of benzene rings is 2. The molecule has 6 nitrogen and oxygen atoms in total. The van der Waals surface area contributed by atoms with Crippen LogP contribution in [0.3, 0.4) is 0 Å². The highest BCUT2D eigenvalue weighted by Crippen LogP contribution is 2.19. The molecule has 1 aliphatic rings. The highest BCUT2D eigenvalue weighted by molar-refractivity contribution is 6.11. The quantitative estimate of drug-likeness (QED) is 0.452. The van der Waals surface area contributed by atoms with Crippen molar-refractivity contribution < 1.29 is 23.9 Å². The van der Waals surface area contributed by atoms with Crippen LogP contribution in [-0.2, 0) is 20.7 Å². The normalized spacial score (nSPS) is 13.3. The van der Waals surface area contributed by atoms with Crippen molar-refractivity contribution in [1.29, 1.82) is 0 Å². The highest BCUT2D eigenvalue weighted by atomic mass is 16.6. The third-order valence-electron chi connectivity index (χ3n) is 4.12. The molecule has 2 aromatic rings. The molecular weight excluding hydrogens is 334 g/mol. The van der Waals surface area contributed by atoms with Gasteiger partial charge in [-0.15, -0.1) is 0 Å². The van der Waals surface area contributed by atoms with Gasteiger partial charge in [-0.05, 0) is 30.2 Å². The lowest BCUT2D eigenvalue weighted by Gasteiger charge is -2.25. The van der Waals surface area contributed by atoms with E-state index in [4.69, 9.17) is 9.47 Å². The molecule has 26 heavy (non-hydrogen) atoms. The first-order chi connectivity index (χ1) is 12.6. The topological polar surface area (TPSA) is 72.9 Å². The van der Waals surface area contributed by atoms with Crippen LogP contribution in [0.25, 0.3) is 0 Å². The monoisotopic (exact) mass is 353 g/mol. The van der Waals surface area contributed by atoms with E-state index in [1.807, 2.05) is 31.2 Å². The zero-order chi connectivity index (χ0) is 18.5. The number of hydrogen-bond donors (Lipinski definition) is 0. The second-order valence-electron chi connectivity index (χ2n) is 5.95. The third kappa shape index (κ3) is 3.91. The van der Waals surface area contributed by atoms with Crippen molar-refractivity contribution in [3.8, 4) is 5.75 Å². The van der Waals surface area contributed by atoms with Crippen LogP contribution in [-0.4, -0.2) is 42.4 Å². The fourth-order valence-corrected chi connectivity index (χ4v) is 2.76. The summed E-state index contributed by atoms with van der Waals surface area (Å²) in [5.41, 5.74) is 2.11. The average Bonchev–Trinajstić information content (AvgIpc) is 2.63. The van der Waals surface area contributed by atoms with Gasteiger partial charge in [0, 0.05) is 5.56 Å². The Labute approximate surface area is 151 Å². The molecule has 0 N–H and O–H groups in total. The minimum Gasteiger partial charge on any atom is -0.490 e. The molecule has 1 heterocycles. The molecule has 0 atom stereocenters. The summed E-state index contributed by atoms with van der Waals surface area (Å²) < 4.78 is 10.6. The van der Waals surface area contributed by atoms with E-state index in [2.05, 4.69) is 0 Å². The van der Waals surface area contributed by atoms with Crippen molar-refractivity contribution in [2.75, 3.05) is 19.8 Å². The smallest absolute Gasteiger partial charge is 0.326 e. The average molecular weight is 353 g/mol. The van der Waals surface area contributed by atoms with Gasteiger partial charge in [0.2, 0.25) is 5.91 Å². The molecule has 0 saturated heterocycles. The molecule has 0 unspecified atom stereocenters. The predicted octanol–water partition coefficient (Wildman–Crippen LogP) is 2.14. The molecule has 0 saturated carbocycles. The van der Waals surface area contributed by atoms with Crippen molar-refractivity contribution >= 4 is 17.8 Å². The molecule has 2 amide bonds. The number of fused-ring (bicyclic) bond motifs is 1. The fourth-order valence-electron chi connectivity index (χ4n) is 2.76. The maximum atomic E-state index is 12.4. The number of nitrogens with zero attached hydrogens (tertiary/aromatic N) is 1. The van der Waals surface area contributed by atoms with Gasteiger partial charge in [0.15, 0.2) is 0 Å². The first-order valence-corrected chi connectivity index (χ1v) is 8.33. The summed E-state index contributed by atoms with van der Waals surface area (Å²) in [4.78, 5) is 37.4. The first-order valence-electron chi connectivity index (χ1n) is 8.33. The van der Waals surface area contributed by atoms with Gasteiger partial charge in [-0.25, -0.2) is 0 Å². The Kier molecular flexibility index (Phi) is 5.31. The van der Waals surface area contributed by atoms with Gasteiger partial charge < -0.3 is 9.47 Å². The summed E-state index contributed by atoms with van der Waals surface area (Å²) in [6.07, 6.45) is 0.103. The number of carbonyl (C=O) groups excluding carboxylic acids is 3.